The summed E-state index contributed by atoms with van der Waals surface area (Å²) in [5, 5.41) is 2.84. The molecule has 0 aromatic rings. The van der Waals surface area contributed by atoms with Crippen LogP contribution < -0.4 is 5.32 Å². The summed E-state index contributed by atoms with van der Waals surface area (Å²) in [7, 11) is 4.02. The Morgan fingerprint density at radius 3 is 2.00 bits per heavy atom. The minimum absolute atomic E-state index is 0.0268. The maximum absolute atomic E-state index is 11.7. The summed E-state index contributed by atoms with van der Waals surface area (Å²) < 4.78 is 14.4. The number of carbonyl (C=O) groups excluding carboxylic acids is 1. The molecule has 1 aliphatic carbocycles. The molecule has 1 saturated carbocycles. The quantitative estimate of drug-likeness (QED) is 0.571. The largest absolute Gasteiger partial charge is 0.383 e. The zero-order valence-electron chi connectivity index (χ0n) is 18.9. The van der Waals surface area contributed by atoms with Crippen LogP contribution in [-0.2, 0) is 4.74 Å². The van der Waals surface area contributed by atoms with Crippen molar-refractivity contribution in [2.75, 3.05) is 34.5 Å². The standard InChI is InChI=1S/C11H22N2O2.C6H14.C3H8.CH3F/c1-13(10-6-4-3-5-7-10)11(14)12-8-9-15-2;1-4-5-6(2)3;1-3-2;1-2/h10H,3-9H2,1-2H3,(H,12,14);6H,4-5H2,1-3H3;3H2,1-2H3;1H3. The van der Waals surface area contributed by atoms with Gasteiger partial charge in [-0.3, -0.25) is 4.39 Å². The Kier molecular flexibility index (Phi) is 27.8. The molecule has 0 bridgehead atoms. The number of urea groups is 1. The molecule has 0 radical (unpaired) electrons. The lowest BCUT2D eigenvalue weighted by atomic mass is 9.95. The SMILES string of the molecule is CCC.CCCC(C)C.CF.COCCNC(=O)N(C)C1CCCCC1. The number of nitrogens with one attached hydrogen (secondary N) is 1. The van der Waals surface area contributed by atoms with Gasteiger partial charge in [0, 0.05) is 26.7 Å². The normalized spacial score (nSPS) is 13.3. The van der Waals surface area contributed by atoms with Gasteiger partial charge in [0.25, 0.3) is 0 Å². The summed E-state index contributed by atoms with van der Waals surface area (Å²) in [5.74, 6) is 0.898. The van der Waals surface area contributed by atoms with E-state index in [0.717, 1.165) is 18.8 Å². The number of alkyl halides is 1. The molecule has 0 unspecified atom stereocenters. The molecular formula is C21H47FN2O2. The summed E-state index contributed by atoms with van der Waals surface area (Å²) in [6.45, 7) is 12.1. The average Bonchev–Trinajstić information content (AvgIpc) is 2.64. The molecule has 0 atom stereocenters. The van der Waals surface area contributed by atoms with Crippen LogP contribution >= 0.6 is 0 Å². The van der Waals surface area contributed by atoms with Gasteiger partial charge in [-0.15, -0.1) is 0 Å². The molecule has 0 aliphatic heterocycles. The molecule has 0 heterocycles. The van der Waals surface area contributed by atoms with E-state index in [9.17, 15) is 9.18 Å². The Morgan fingerprint density at radius 2 is 1.65 bits per heavy atom. The van der Waals surface area contributed by atoms with E-state index < -0.39 is 0 Å². The summed E-state index contributed by atoms with van der Waals surface area (Å²) in [6.07, 6.45) is 10.1. The fourth-order valence-electron chi connectivity index (χ4n) is 2.60. The number of rotatable bonds is 6. The van der Waals surface area contributed by atoms with E-state index in [1.165, 1.54) is 38.5 Å². The molecule has 1 aliphatic rings. The Bertz CT molecular complexity index is 271. The van der Waals surface area contributed by atoms with Gasteiger partial charge < -0.3 is 15.0 Å². The van der Waals surface area contributed by atoms with E-state index in [1.54, 1.807) is 7.11 Å². The van der Waals surface area contributed by atoms with Crippen molar-refractivity contribution in [2.24, 2.45) is 5.92 Å². The van der Waals surface area contributed by atoms with Crippen molar-refractivity contribution in [2.45, 2.75) is 92.0 Å². The van der Waals surface area contributed by atoms with Crippen LogP contribution in [0.2, 0.25) is 0 Å². The van der Waals surface area contributed by atoms with Gasteiger partial charge in [0.05, 0.1) is 13.8 Å². The second kappa shape index (κ2) is 24.2. The van der Waals surface area contributed by atoms with Gasteiger partial charge in [0.2, 0.25) is 0 Å². The van der Waals surface area contributed by atoms with Crippen molar-refractivity contribution >= 4 is 6.03 Å². The lowest BCUT2D eigenvalue weighted by Crippen LogP contribution is -2.45. The van der Waals surface area contributed by atoms with Crippen LogP contribution in [0.3, 0.4) is 0 Å². The van der Waals surface area contributed by atoms with Crippen molar-refractivity contribution in [3.05, 3.63) is 0 Å². The van der Waals surface area contributed by atoms with Crippen molar-refractivity contribution in [1.82, 2.24) is 10.2 Å². The maximum Gasteiger partial charge on any atom is 0.317 e. The van der Waals surface area contributed by atoms with Crippen molar-refractivity contribution in [1.29, 1.82) is 0 Å². The van der Waals surface area contributed by atoms with Crippen LogP contribution in [0.4, 0.5) is 9.18 Å². The Morgan fingerprint density at radius 1 is 1.15 bits per heavy atom. The third kappa shape index (κ3) is 21.2. The van der Waals surface area contributed by atoms with Gasteiger partial charge in [-0.25, -0.2) is 4.79 Å². The number of nitrogens with zero attached hydrogens (tertiary/aromatic N) is 1. The zero-order chi connectivity index (χ0) is 20.8. The smallest absolute Gasteiger partial charge is 0.317 e. The highest BCUT2D eigenvalue weighted by atomic mass is 19.1. The molecule has 2 amide bonds. The summed E-state index contributed by atoms with van der Waals surface area (Å²) >= 11 is 0. The monoisotopic (exact) mass is 378 g/mol. The molecule has 26 heavy (non-hydrogen) atoms. The average molecular weight is 379 g/mol. The second-order valence-corrected chi connectivity index (χ2v) is 7.02. The summed E-state index contributed by atoms with van der Waals surface area (Å²) in [5.41, 5.74) is 0. The molecular weight excluding hydrogens is 331 g/mol. The van der Waals surface area contributed by atoms with Gasteiger partial charge in [-0.05, 0) is 18.8 Å². The van der Waals surface area contributed by atoms with E-state index in [1.807, 2.05) is 11.9 Å². The van der Waals surface area contributed by atoms with Crippen LogP contribution in [0.15, 0.2) is 0 Å². The van der Waals surface area contributed by atoms with Crippen molar-refractivity contribution in [3.63, 3.8) is 0 Å². The number of hydrogen-bond donors (Lipinski definition) is 1. The van der Waals surface area contributed by atoms with E-state index >= 15 is 0 Å². The van der Waals surface area contributed by atoms with Gasteiger partial charge in [0.15, 0.2) is 0 Å². The van der Waals surface area contributed by atoms with Crippen molar-refractivity contribution < 1.29 is 13.9 Å². The number of amides is 2. The molecule has 0 saturated heterocycles. The number of hydrogen-bond acceptors (Lipinski definition) is 2. The molecule has 160 valence electrons. The summed E-state index contributed by atoms with van der Waals surface area (Å²) in [4.78, 5) is 13.5. The van der Waals surface area contributed by atoms with Gasteiger partial charge in [-0.2, -0.15) is 0 Å². The Balaban J connectivity index is -0.000000401. The van der Waals surface area contributed by atoms with E-state index in [4.69, 9.17) is 4.74 Å². The van der Waals surface area contributed by atoms with Crippen LogP contribution in [0, 0.1) is 5.92 Å². The molecule has 0 aromatic carbocycles. The lowest BCUT2D eigenvalue weighted by Gasteiger charge is -2.31. The van der Waals surface area contributed by atoms with Gasteiger partial charge >= 0.3 is 6.03 Å². The molecule has 1 N–H and O–H groups in total. The maximum atomic E-state index is 11.7. The van der Waals surface area contributed by atoms with Crippen molar-refractivity contribution in [3.8, 4) is 0 Å². The van der Waals surface area contributed by atoms with Gasteiger partial charge in [0.1, 0.15) is 0 Å². The number of carbonyl (C=O) groups is 1. The highest BCUT2D eigenvalue weighted by molar-refractivity contribution is 5.74. The third-order valence-electron chi connectivity index (χ3n) is 3.89. The number of halogens is 1. The first kappa shape index (κ1) is 29.9. The highest BCUT2D eigenvalue weighted by Gasteiger charge is 2.21. The van der Waals surface area contributed by atoms with Crippen LogP contribution in [0.5, 0.6) is 0 Å². The topological polar surface area (TPSA) is 41.6 Å². The lowest BCUT2D eigenvalue weighted by molar-refractivity contribution is 0.164. The fourth-order valence-corrected chi connectivity index (χ4v) is 2.60. The predicted molar refractivity (Wildman–Crippen MR) is 113 cm³/mol. The predicted octanol–water partition coefficient (Wildman–Crippen LogP) is 6.05. The first-order chi connectivity index (χ1) is 12.4. The van der Waals surface area contributed by atoms with Gasteiger partial charge in [-0.1, -0.05) is 73.1 Å². The van der Waals surface area contributed by atoms with E-state index in [2.05, 4.69) is 39.9 Å². The first-order valence-electron chi connectivity index (χ1n) is 10.3. The van der Waals surface area contributed by atoms with Crippen LogP contribution in [0.1, 0.15) is 86.0 Å². The number of methoxy groups -OCH3 is 1. The Labute approximate surface area is 163 Å². The molecule has 1 rings (SSSR count). The Hall–Kier alpha value is -0.840. The van der Waals surface area contributed by atoms with E-state index in [0.29, 0.717) is 26.4 Å². The second-order valence-electron chi connectivity index (χ2n) is 7.02. The molecule has 4 nitrogen and oxygen atoms in total. The summed E-state index contributed by atoms with van der Waals surface area (Å²) in [6, 6.07) is 0.459. The minimum Gasteiger partial charge on any atom is -0.383 e. The van der Waals surface area contributed by atoms with Crippen LogP contribution in [-0.4, -0.2) is 51.5 Å². The fraction of sp³-hybridized carbons (Fsp3) is 0.952. The first-order valence-corrected chi connectivity index (χ1v) is 10.3. The third-order valence-corrected chi connectivity index (χ3v) is 3.89. The molecule has 5 heteroatoms. The zero-order valence-corrected chi connectivity index (χ0v) is 18.9. The molecule has 0 aromatic heterocycles. The van der Waals surface area contributed by atoms with E-state index in [-0.39, 0.29) is 6.03 Å². The van der Waals surface area contributed by atoms with Crippen LogP contribution in [0.25, 0.3) is 0 Å². The molecule has 1 fully saturated rings. The molecule has 0 spiro atoms. The number of ether oxygens (including phenoxy) is 1. The minimum atomic E-state index is 0.0268. The highest BCUT2D eigenvalue weighted by Crippen LogP contribution is 2.21.